The lowest BCUT2D eigenvalue weighted by atomic mass is 10.0. The summed E-state index contributed by atoms with van der Waals surface area (Å²) in [6.45, 7) is 0. The molecule has 0 aliphatic carbocycles. The lowest BCUT2D eigenvalue weighted by Crippen LogP contribution is -2.31. The van der Waals surface area contributed by atoms with Crippen molar-refractivity contribution in [2.45, 2.75) is 12.5 Å². The fourth-order valence-electron chi connectivity index (χ4n) is 2.14. The van der Waals surface area contributed by atoms with Crippen molar-refractivity contribution in [3.05, 3.63) is 52.5 Å². The van der Waals surface area contributed by atoms with Gasteiger partial charge in [-0.05, 0) is 35.3 Å². The highest BCUT2D eigenvalue weighted by Crippen LogP contribution is 2.32. The molecule has 1 aliphatic rings. The summed E-state index contributed by atoms with van der Waals surface area (Å²) in [6, 6.07) is 8.06. The molecule has 2 aromatic heterocycles. The first-order chi connectivity index (χ1) is 9.25. The van der Waals surface area contributed by atoms with Crippen molar-refractivity contribution in [3.8, 4) is 0 Å². The molecule has 19 heavy (non-hydrogen) atoms. The van der Waals surface area contributed by atoms with Crippen LogP contribution in [-0.2, 0) is 0 Å². The Morgan fingerprint density at radius 3 is 2.95 bits per heavy atom. The SMILES string of the molecule is NC(=S)N1N=C(c2cccs2)C[C@@H]1c1cccnc1. The molecule has 1 atom stereocenters. The van der Waals surface area contributed by atoms with Crippen LogP contribution in [0.15, 0.2) is 47.1 Å². The molecule has 0 aromatic carbocycles. The molecule has 0 spiro atoms. The van der Waals surface area contributed by atoms with Crippen LogP contribution in [0.1, 0.15) is 22.9 Å². The van der Waals surface area contributed by atoms with E-state index in [-0.39, 0.29) is 6.04 Å². The van der Waals surface area contributed by atoms with Crippen molar-refractivity contribution < 1.29 is 0 Å². The Bertz CT molecular complexity index is 607. The molecule has 0 saturated heterocycles. The van der Waals surface area contributed by atoms with Crippen molar-refractivity contribution in [2.75, 3.05) is 0 Å². The van der Waals surface area contributed by atoms with Crippen LogP contribution < -0.4 is 5.73 Å². The second-order valence-electron chi connectivity index (χ2n) is 4.21. The highest BCUT2D eigenvalue weighted by Gasteiger charge is 2.30. The Labute approximate surface area is 120 Å². The van der Waals surface area contributed by atoms with Crippen LogP contribution in [0, 0.1) is 0 Å². The zero-order chi connectivity index (χ0) is 13.2. The second-order valence-corrected chi connectivity index (χ2v) is 5.58. The topological polar surface area (TPSA) is 54.5 Å². The smallest absolute Gasteiger partial charge is 0.187 e. The van der Waals surface area contributed by atoms with Crippen LogP contribution in [0.25, 0.3) is 0 Å². The number of nitrogens with zero attached hydrogens (tertiary/aromatic N) is 3. The molecule has 4 nitrogen and oxygen atoms in total. The summed E-state index contributed by atoms with van der Waals surface area (Å²) >= 11 is 6.77. The first kappa shape index (κ1) is 12.3. The Balaban J connectivity index is 1.94. The van der Waals surface area contributed by atoms with Crippen LogP contribution in [0.3, 0.4) is 0 Å². The highest BCUT2D eigenvalue weighted by molar-refractivity contribution is 7.80. The summed E-state index contributed by atoms with van der Waals surface area (Å²) in [7, 11) is 0. The van der Waals surface area contributed by atoms with Gasteiger partial charge in [0.2, 0.25) is 0 Å². The Morgan fingerprint density at radius 1 is 1.42 bits per heavy atom. The van der Waals surface area contributed by atoms with Crippen LogP contribution >= 0.6 is 23.6 Å². The first-order valence-electron chi connectivity index (χ1n) is 5.85. The minimum Gasteiger partial charge on any atom is -0.375 e. The molecule has 0 amide bonds. The summed E-state index contributed by atoms with van der Waals surface area (Å²) in [5, 5.41) is 8.60. The molecule has 0 unspecified atom stereocenters. The van der Waals surface area contributed by atoms with E-state index in [2.05, 4.69) is 16.2 Å². The summed E-state index contributed by atoms with van der Waals surface area (Å²) in [5.41, 5.74) is 7.87. The van der Waals surface area contributed by atoms with Gasteiger partial charge in [-0.3, -0.25) is 4.98 Å². The quantitative estimate of drug-likeness (QED) is 0.863. The molecule has 0 bridgehead atoms. The molecule has 2 N–H and O–H groups in total. The van der Waals surface area contributed by atoms with Crippen molar-refractivity contribution in [3.63, 3.8) is 0 Å². The van der Waals surface area contributed by atoms with Gasteiger partial charge >= 0.3 is 0 Å². The molecule has 3 heterocycles. The third-order valence-electron chi connectivity index (χ3n) is 3.01. The van der Waals surface area contributed by atoms with Crippen molar-refractivity contribution in [2.24, 2.45) is 10.8 Å². The van der Waals surface area contributed by atoms with E-state index >= 15 is 0 Å². The maximum absolute atomic E-state index is 5.77. The molecule has 3 rings (SSSR count). The van der Waals surface area contributed by atoms with E-state index in [1.54, 1.807) is 22.5 Å². The zero-order valence-electron chi connectivity index (χ0n) is 10.1. The Morgan fingerprint density at radius 2 is 2.32 bits per heavy atom. The lowest BCUT2D eigenvalue weighted by Gasteiger charge is -2.21. The second kappa shape index (κ2) is 5.07. The summed E-state index contributed by atoms with van der Waals surface area (Å²) in [6.07, 6.45) is 4.39. The molecule has 0 saturated carbocycles. The summed E-state index contributed by atoms with van der Waals surface area (Å²) in [5.74, 6) is 0. The summed E-state index contributed by atoms with van der Waals surface area (Å²) < 4.78 is 0. The number of nitrogens with two attached hydrogens (primary N) is 1. The zero-order valence-corrected chi connectivity index (χ0v) is 11.7. The van der Waals surface area contributed by atoms with Crippen LogP contribution in [-0.4, -0.2) is 20.8 Å². The molecular weight excluding hydrogens is 276 g/mol. The van der Waals surface area contributed by atoms with Gasteiger partial charge in [0.15, 0.2) is 5.11 Å². The number of thiophene rings is 1. The number of aromatic nitrogens is 1. The number of rotatable bonds is 2. The number of hydrogen-bond donors (Lipinski definition) is 1. The van der Waals surface area contributed by atoms with Gasteiger partial charge < -0.3 is 5.73 Å². The molecular formula is C13H12N4S2. The van der Waals surface area contributed by atoms with Gasteiger partial charge in [-0.1, -0.05) is 12.1 Å². The third kappa shape index (κ3) is 2.36. The predicted molar refractivity (Wildman–Crippen MR) is 81.1 cm³/mol. The standard InChI is InChI=1S/C13H12N4S2/c14-13(18)17-11(9-3-1-5-15-8-9)7-10(16-17)12-4-2-6-19-12/h1-6,8,11H,7H2,(H2,14,18)/t11-/m1/s1. The fraction of sp³-hybridized carbons (Fsp3) is 0.154. The van der Waals surface area contributed by atoms with Gasteiger partial charge in [0.25, 0.3) is 0 Å². The molecule has 2 aromatic rings. The van der Waals surface area contributed by atoms with E-state index in [1.807, 2.05) is 29.8 Å². The van der Waals surface area contributed by atoms with E-state index in [9.17, 15) is 0 Å². The van der Waals surface area contributed by atoms with E-state index in [0.29, 0.717) is 5.11 Å². The van der Waals surface area contributed by atoms with Crippen LogP contribution in [0.5, 0.6) is 0 Å². The average molecular weight is 288 g/mol. The maximum atomic E-state index is 5.77. The average Bonchev–Trinajstić information content (AvgIpc) is 3.08. The van der Waals surface area contributed by atoms with Crippen LogP contribution in [0.2, 0.25) is 0 Å². The first-order valence-corrected chi connectivity index (χ1v) is 7.14. The van der Waals surface area contributed by atoms with E-state index in [4.69, 9.17) is 18.0 Å². The molecule has 0 fully saturated rings. The predicted octanol–water partition coefficient (Wildman–Crippen LogP) is 2.54. The molecule has 0 radical (unpaired) electrons. The van der Waals surface area contributed by atoms with Crippen LogP contribution in [0.4, 0.5) is 0 Å². The highest BCUT2D eigenvalue weighted by atomic mass is 32.1. The van der Waals surface area contributed by atoms with Crippen molar-refractivity contribution >= 4 is 34.4 Å². The van der Waals surface area contributed by atoms with E-state index in [0.717, 1.165) is 22.6 Å². The Hall–Kier alpha value is -1.79. The number of pyridine rings is 1. The number of thiocarbonyl (C=S) groups is 1. The van der Waals surface area contributed by atoms with Gasteiger partial charge in [-0.15, -0.1) is 11.3 Å². The van der Waals surface area contributed by atoms with Gasteiger partial charge in [0.1, 0.15) is 0 Å². The fourth-order valence-corrected chi connectivity index (χ4v) is 3.03. The van der Waals surface area contributed by atoms with E-state index in [1.165, 1.54) is 0 Å². The number of hydrazone groups is 1. The van der Waals surface area contributed by atoms with Gasteiger partial charge in [-0.2, -0.15) is 5.10 Å². The van der Waals surface area contributed by atoms with Gasteiger partial charge in [-0.25, -0.2) is 5.01 Å². The largest absolute Gasteiger partial charge is 0.375 e. The van der Waals surface area contributed by atoms with E-state index < -0.39 is 0 Å². The van der Waals surface area contributed by atoms with Gasteiger partial charge in [0, 0.05) is 18.8 Å². The minimum absolute atomic E-state index is 0.0447. The monoisotopic (exact) mass is 288 g/mol. The van der Waals surface area contributed by atoms with Crippen molar-refractivity contribution in [1.82, 2.24) is 9.99 Å². The third-order valence-corrected chi connectivity index (χ3v) is 4.12. The number of hydrogen-bond acceptors (Lipinski definition) is 4. The molecule has 96 valence electrons. The minimum atomic E-state index is 0.0447. The normalized spacial score (nSPS) is 18.4. The summed E-state index contributed by atoms with van der Waals surface area (Å²) in [4.78, 5) is 5.31. The van der Waals surface area contributed by atoms with Crippen molar-refractivity contribution in [1.29, 1.82) is 0 Å². The maximum Gasteiger partial charge on any atom is 0.187 e. The molecule has 1 aliphatic heterocycles. The molecule has 6 heteroatoms. The Kier molecular flexibility index (Phi) is 3.27. The van der Waals surface area contributed by atoms with Gasteiger partial charge in [0.05, 0.1) is 16.6 Å². The lowest BCUT2D eigenvalue weighted by molar-refractivity contribution is 0.372.